The Morgan fingerprint density at radius 2 is 0.653 bits per heavy atom. The van der Waals surface area contributed by atoms with Gasteiger partial charge in [0.05, 0.1) is 10.8 Å². The molecule has 0 radical (unpaired) electrons. The van der Waals surface area contributed by atoms with E-state index in [2.05, 4.69) is 292 Å². The van der Waals surface area contributed by atoms with Gasteiger partial charge < -0.3 is 4.90 Å². The number of anilines is 3. The van der Waals surface area contributed by atoms with Gasteiger partial charge in [0.25, 0.3) is 0 Å². The fraction of sp³-hybridized carbons (Fsp3) is 0.0704. The second-order valence-corrected chi connectivity index (χ2v) is 20.3. The van der Waals surface area contributed by atoms with E-state index in [1.807, 2.05) is 0 Å². The van der Waals surface area contributed by atoms with Gasteiger partial charge in [-0.05, 0) is 143 Å². The minimum absolute atomic E-state index is 0.289. The van der Waals surface area contributed by atoms with Crippen LogP contribution in [-0.4, -0.2) is 0 Å². The van der Waals surface area contributed by atoms with Crippen LogP contribution in [0, 0.1) is 0 Å². The Morgan fingerprint density at radius 3 is 1.26 bits per heavy atom. The van der Waals surface area contributed by atoms with E-state index in [-0.39, 0.29) is 5.41 Å². The molecule has 0 bridgehead atoms. The van der Waals surface area contributed by atoms with Gasteiger partial charge in [-0.2, -0.15) is 0 Å². The van der Waals surface area contributed by atoms with Crippen molar-refractivity contribution < 1.29 is 0 Å². The van der Waals surface area contributed by atoms with Gasteiger partial charge in [-0.1, -0.05) is 244 Å². The van der Waals surface area contributed by atoms with Crippen molar-refractivity contribution in [3.63, 3.8) is 0 Å². The molecule has 0 saturated carbocycles. The summed E-state index contributed by atoms with van der Waals surface area (Å²) in [5.41, 5.74) is 25.4. The first kappa shape index (κ1) is 42.1. The summed E-state index contributed by atoms with van der Waals surface area (Å²) in [6.07, 6.45) is 0. The molecule has 0 fully saturated rings. The summed E-state index contributed by atoms with van der Waals surface area (Å²) in [5.74, 6) is 0. The van der Waals surface area contributed by atoms with Crippen LogP contribution in [0.2, 0.25) is 0 Å². The standard InChI is InChI=1S/C71H51N/c1-69(2)64-35-18-19-36-65(64)71(62-33-16-13-29-57(62)58-30-14-17-34-63(58)71)66-44-42-56(47-68(66)69)72(55-28-20-23-50(45-55)48-21-6-3-7-22-48)54-40-37-49(38-41-54)51-39-43-60-59-31-12-15-32-61(59)70(67(60)46-51,52-24-8-4-9-25-52)53-26-10-5-11-27-53/h3-47H,1-2H3. The molecule has 3 aliphatic rings. The summed E-state index contributed by atoms with van der Waals surface area (Å²) >= 11 is 0. The number of benzene rings is 11. The van der Waals surface area contributed by atoms with Gasteiger partial charge in [-0.3, -0.25) is 0 Å². The summed E-state index contributed by atoms with van der Waals surface area (Å²) in [5, 5.41) is 0. The van der Waals surface area contributed by atoms with E-state index in [9.17, 15) is 0 Å². The lowest BCUT2D eigenvalue weighted by atomic mass is 9.55. The van der Waals surface area contributed by atoms with Crippen LogP contribution in [0.4, 0.5) is 17.1 Å². The van der Waals surface area contributed by atoms with Crippen LogP contribution < -0.4 is 4.90 Å². The quantitative estimate of drug-likeness (QED) is 0.154. The highest BCUT2D eigenvalue weighted by atomic mass is 15.1. The van der Waals surface area contributed by atoms with E-state index in [1.165, 1.54) is 100 Å². The fourth-order valence-electron chi connectivity index (χ4n) is 13.3. The molecule has 3 aliphatic carbocycles. The minimum atomic E-state index is -0.465. The first-order chi connectivity index (χ1) is 35.5. The van der Waals surface area contributed by atoms with Crippen LogP contribution in [0.25, 0.3) is 44.5 Å². The molecule has 11 aromatic rings. The first-order valence-corrected chi connectivity index (χ1v) is 25.3. The molecular weight excluding hydrogens is 867 g/mol. The number of hydrogen-bond donors (Lipinski definition) is 0. The predicted octanol–water partition coefficient (Wildman–Crippen LogP) is 17.9. The molecule has 340 valence electrons. The van der Waals surface area contributed by atoms with Gasteiger partial charge >= 0.3 is 0 Å². The Kier molecular flexibility index (Phi) is 9.44. The monoisotopic (exact) mass is 917 g/mol. The Morgan fingerprint density at radius 1 is 0.236 bits per heavy atom. The normalized spacial score (nSPS) is 14.6. The lowest BCUT2D eigenvalue weighted by Gasteiger charge is -2.47. The minimum Gasteiger partial charge on any atom is -0.310 e. The third-order valence-electron chi connectivity index (χ3n) is 16.4. The van der Waals surface area contributed by atoms with Gasteiger partial charge in [0, 0.05) is 22.5 Å². The number of fused-ring (bicyclic) bond motifs is 12. The molecule has 0 saturated heterocycles. The van der Waals surface area contributed by atoms with Crippen molar-refractivity contribution in [1.29, 1.82) is 0 Å². The van der Waals surface area contributed by atoms with Crippen molar-refractivity contribution in [2.75, 3.05) is 4.90 Å². The Labute approximate surface area is 423 Å². The van der Waals surface area contributed by atoms with E-state index in [0.717, 1.165) is 17.1 Å². The maximum Gasteiger partial charge on any atom is 0.0719 e. The van der Waals surface area contributed by atoms with E-state index < -0.39 is 10.8 Å². The van der Waals surface area contributed by atoms with Crippen LogP contribution in [0.3, 0.4) is 0 Å². The molecule has 72 heavy (non-hydrogen) atoms. The number of nitrogens with zero attached hydrogens (tertiary/aromatic N) is 1. The van der Waals surface area contributed by atoms with Gasteiger partial charge in [-0.15, -0.1) is 0 Å². The molecule has 14 rings (SSSR count). The fourth-order valence-corrected chi connectivity index (χ4v) is 13.3. The smallest absolute Gasteiger partial charge is 0.0719 e. The zero-order valence-electron chi connectivity index (χ0n) is 40.4. The SMILES string of the molecule is CC1(C)c2ccccc2C2(c3ccccc3-c3ccccc32)c2ccc(N(c3ccc(-c4ccc5c(c4)C(c4ccccc4)(c4ccccc4)c4ccccc4-5)cc3)c3cccc(-c4ccccc4)c3)cc21. The molecule has 1 spiro atoms. The van der Waals surface area contributed by atoms with Crippen molar-refractivity contribution in [3.05, 3.63) is 329 Å². The highest BCUT2D eigenvalue weighted by Crippen LogP contribution is 2.63. The summed E-state index contributed by atoms with van der Waals surface area (Å²) in [4.78, 5) is 2.46. The molecule has 0 heterocycles. The molecule has 1 heteroatoms. The lowest BCUT2D eigenvalue weighted by Crippen LogP contribution is -2.40. The van der Waals surface area contributed by atoms with Crippen LogP contribution in [-0.2, 0) is 16.2 Å². The van der Waals surface area contributed by atoms with Crippen molar-refractivity contribution in [3.8, 4) is 44.5 Å². The molecule has 0 N–H and O–H groups in total. The maximum absolute atomic E-state index is 2.50. The summed E-state index contributed by atoms with van der Waals surface area (Å²) in [7, 11) is 0. The van der Waals surface area contributed by atoms with E-state index in [0.29, 0.717) is 0 Å². The third kappa shape index (κ3) is 5.95. The molecular formula is C71H51N. The zero-order valence-corrected chi connectivity index (χ0v) is 40.4. The predicted molar refractivity (Wildman–Crippen MR) is 299 cm³/mol. The van der Waals surface area contributed by atoms with Gasteiger partial charge in [0.15, 0.2) is 0 Å². The van der Waals surface area contributed by atoms with Gasteiger partial charge in [-0.25, -0.2) is 0 Å². The van der Waals surface area contributed by atoms with Crippen LogP contribution in [0.5, 0.6) is 0 Å². The Bertz CT molecular complexity index is 3800. The molecule has 0 atom stereocenters. The van der Waals surface area contributed by atoms with Crippen molar-refractivity contribution in [1.82, 2.24) is 0 Å². The molecule has 0 aromatic heterocycles. The average Bonchev–Trinajstić information content (AvgIpc) is 3.92. The summed E-state index contributed by atoms with van der Waals surface area (Å²) in [6.45, 7) is 4.84. The van der Waals surface area contributed by atoms with E-state index in [4.69, 9.17) is 0 Å². The summed E-state index contributed by atoms with van der Waals surface area (Å²) < 4.78 is 0. The molecule has 0 amide bonds. The highest BCUT2D eigenvalue weighted by Gasteiger charge is 2.53. The second-order valence-electron chi connectivity index (χ2n) is 20.3. The van der Waals surface area contributed by atoms with Crippen molar-refractivity contribution in [2.45, 2.75) is 30.1 Å². The topological polar surface area (TPSA) is 3.24 Å². The molecule has 0 unspecified atom stereocenters. The average molecular weight is 918 g/mol. The lowest BCUT2D eigenvalue weighted by molar-refractivity contribution is 0.563. The number of rotatable bonds is 7. The second kappa shape index (κ2) is 16.1. The largest absolute Gasteiger partial charge is 0.310 e. The Hall–Kier alpha value is -8.78. The molecule has 0 aliphatic heterocycles. The maximum atomic E-state index is 2.50. The van der Waals surface area contributed by atoms with Crippen LogP contribution in [0.15, 0.2) is 273 Å². The Balaban J connectivity index is 0.944. The van der Waals surface area contributed by atoms with E-state index in [1.54, 1.807) is 0 Å². The molecule has 11 aromatic carbocycles. The van der Waals surface area contributed by atoms with Crippen molar-refractivity contribution >= 4 is 17.1 Å². The first-order valence-electron chi connectivity index (χ1n) is 25.3. The van der Waals surface area contributed by atoms with Crippen LogP contribution in [0.1, 0.15) is 69.5 Å². The number of hydrogen-bond acceptors (Lipinski definition) is 1. The summed E-state index contributed by atoms with van der Waals surface area (Å²) in [6, 6.07) is 102. The van der Waals surface area contributed by atoms with E-state index >= 15 is 0 Å². The van der Waals surface area contributed by atoms with Crippen molar-refractivity contribution in [2.24, 2.45) is 0 Å². The van der Waals surface area contributed by atoms with Gasteiger partial charge in [0.1, 0.15) is 0 Å². The van der Waals surface area contributed by atoms with Gasteiger partial charge in [0.2, 0.25) is 0 Å². The third-order valence-corrected chi connectivity index (χ3v) is 16.4. The highest BCUT2D eigenvalue weighted by molar-refractivity contribution is 5.91. The van der Waals surface area contributed by atoms with Crippen LogP contribution >= 0.6 is 0 Å². The zero-order chi connectivity index (χ0) is 48.0. The molecule has 1 nitrogen and oxygen atoms in total.